The van der Waals surface area contributed by atoms with Crippen molar-refractivity contribution in [2.75, 3.05) is 20.1 Å². The van der Waals surface area contributed by atoms with Gasteiger partial charge in [-0.25, -0.2) is 0 Å². The lowest BCUT2D eigenvalue weighted by molar-refractivity contribution is -0.147. The molecule has 0 aromatic heterocycles. The lowest BCUT2D eigenvalue weighted by Crippen LogP contribution is -2.39. The number of hydrogen-bond acceptors (Lipinski definition) is 3. The monoisotopic (exact) mass is 369 g/mol. The number of carbonyl (C=O) groups is 1. The first-order chi connectivity index (χ1) is 8.11. The van der Waals surface area contributed by atoms with Gasteiger partial charge in [0.2, 0.25) is 0 Å². The van der Waals surface area contributed by atoms with Gasteiger partial charge in [0.05, 0.1) is 12.5 Å². The second-order valence-corrected chi connectivity index (χ2v) is 4.61. The Hall–Kier alpha value is -0.530. The normalized spacial score (nSPS) is 15.0. The van der Waals surface area contributed by atoms with Crippen molar-refractivity contribution in [3.05, 3.63) is 0 Å². The number of hydrogen-bond donors (Lipinski definition) is 2. The van der Waals surface area contributed by atoms with E-state index in [9.17, 15) is 4.79 Å². The molecular weight excluding hydrogens is 345 g/mol. The third-order valence-electron chi connectivity index (χ3n) is 2.47. The summed E-state index contributed by atoms with van der Waals surface area (Å²) in [7, 11) is 1.73. The van der Waals surface area contributed by atoms with E-state index in [0.29, 0.717) is 13.0 Å². The number of ether oxygens (including phenoxy) is 1. The minimum absolute atomic E-state index is 0. The molecule has 18 heavy (non-hydrogen) atoms. The molecule has 0 unspecified atom stereocenters. The van der Waals surface area contributed by atoms with Gasteiger partial charge in [0.15, 0.2) is 5.96 Å². The van der Waals surface area contributed by atoms with E-state index in [1.54, 1.807) is 7.05 Å². The summed E-state index contributed by atoms with van der Waals surface area (Å²) in [5, 5.41) is 6.33. The quantitative estimate of drug-likeness (QED) is 0.323. The largest absolute Gasteiger partial charge is 0.463 e. The van der Waals surface area contributed by atoms with E-state index in [-0.39, 0.29) is 36.0 Å². The van der Waals surface area contributed by atoms with Crippen LogP contribution in [0, 0.1) is 5.92 Å². The van der Waals surface area contributed by atoms with E-state index in [0.717, 1.165) is 18.4 Å². The predicted molar refractivity (Wildman–Crippen MR) is 83.3 cm³/mol. The molecule has 0 aromatic carbocycles. The van der Waals surface area contributed by atoms with Crippen molar-refractivity contribution < 1.29 is 9.53 Å². The maximum atomic E-state index is 11.3. The number of rotatable bonds is 6. The van der Waals surface area contributed by atoms with Crippen LogP contribution in [0.15, 0.2) is 4.99 Å². The Kier molecular flexibility index (Phi) is 9.13. The average molecular weight is 369 g/mol. The van der Waals surface area contributed by atoms with Crippen LogP contribution in [0.3, 0.4) is 0 Å². The second-order valence-electron chi connectivity index (χ2n) is 4.61. The Morgan fingerprint density at radius 1 is 1.39 bits per heavy atom. The van der Waals surface area contributed by atoms with Gasteiger partial charge >= 0.3 is 5.97 Å². The highest BCUT2D eigenvalue weighted by molar-refractivity contribution is 14.0. The lowest BCUT2D eigenvalue weighted by Gasteiger charge is -2.12. The molecule has 1 aliphatic rings. The van der Waals surface area contributed by atoms with E-state index in [4.69, 9.17) is 4.74 Å². The van der Waals surface area contributed by atoms with Crippen molar-refractivity contribution in [2.45, 2.75) is 39.2 Å². The second kappa shape index (κ2) is 9.41. The summed E-state index contributed by atoms with van der Waals surface area (Å²) < 4.78 is 5.03. The maximum absolute atomic E-state index is 11.3. The highest BCUT2D eigenvalue weighted by atomic mass is 127. The van der Waals surface area contributed by atoms with Crippen LogP contribution in [0.2, 0.25) is 0 Å². The number of nitrogens with zero attached hydrogens (tertiary/aromatic N) is 1. The molecule has 1 aliphatic carbocycles. The Morgan fingerprint density at radius 3 is 2.56 bits per heavy atom. The molecule has 1 rings (SSSR count). The molecule has 0 radical (unpaired) electrons. The van der Waals surface area contributed by atoms with E-state index < -0.39 is 0 Å². The van der Waals surface area contributed by atoms with Crippen LogP contribution in [0.5, 0.6) is 0 Å². The zero-order chi connectivity index (χ0) is 12.7. The standard InChI is InChI=1S/C12H23N3O2.HI/c1-9(2)17-11(16)6-7-14-12(13-3)15-8-10-4-5-10;/h9-10H,4-8H2,1-3H3,(H2,13,14,15);1H. The van der Waals surface area contributed by atoms with E-state index in [2.05, 4.69) is 15.6 Å². The van der Waals surface area contributed by atoms with Crippen LogP contribution >= 0.6 is 24.0 Å². The van der Waals surface area contributed by atoms with E-state index in [1.165, 1.54) is 12.8 Å². The molecule has 0 aromatic rings. The smallest absolute Gasteiger partial charge is 0.307 e. The first-order valence-corrected chi connectivity index (χ1v) is 6.25. The van der Waals surface area contributed by atoms with Crippen LogP contribution in [0.25, 0.3) is 0 Å². The Balaban J connectivity index is 0.00000289. The van der Waals surface area contributed by atoms with Gasteiger partial charge in [-0.05, 0) is 32.6 Å². The van der Waals surface area contributed by atoms with Crippen LogP contribution in [-0.2, 0) is 9.53 Å². The summed E-state index contributed by atoms with van der Waals surface area (Å²) in [6, 6.07) is 0. The lowest BCUT2D eigenvalue weighted by atomic mass is 10.4. The van der Waals surface area contributed by atoms with Crippen LogP contribution in [0.1, 0.15) is 33.1 Å². The average Bonchev–Trinajstić information content (AvgIpc) is 3.05. The highest BCUT2D eigenvalue weighted by Gasteiger charge is 2.21. The van der Waals surface area contributed by atoms with Crippen LogP contribution in [-0.4, -0.2) is 38.2 Å². The van der Waals surface area contributed by atoms with Crippen molar-refractivity contribution in [1.82, 2.24) is 10.6 Å². The number of halogens is 1. The molecule has 0 saturated heterocycles. The minimum atomic E-state index is -0.176. The van der Waals surface area contributed by atoms with Gasteiger partial charge in [0.1, 0.15) is 0 Å². The van der Waals surface area contributed by atoms with Gasteiger partial charge in [-0.1, -0.05) is 0 Å². The van der Waals surface area contributed by atoms with Crippen molar-refractivity contribution in [2.24, 2.45) is 10.9 Å². The molecule has 2 N–H and O–H groups in total. The molecule has 0 atom stereocenters. The van der Waals surface area contributed by atoms with Gasteiger partial charge in [-0.2, -0.15) is 0 Å². The van der Waals surface area contributed by atoms with E-state index in [1.807, 2.05) is 13.8 Å². The highest BCUT2D eigenvalue weighted by Crippen LogP contribution is 2.27. The van der Waals surface area contributed by atoms with Gasteiger partial charge in [0.25, 0.3) is 0 Å². The third kappa shape index (κ3) is 8.54. The van der Waals surface area contributed by atoms with Crippen molar-refractivity contribution in [1.29, 1.82) is 0 Å². The fraction of sp³-hybridized carbons (Fsp3) is 0.833. The molecule has 1 saturated carbocycles. The SMILES string of the molecule is CN=C(NCCC(=O)OC(C)C)NCC1CC1.I. The predicted octanol–water partition coefficient (Wildman–Crippen LogP) is 1.52. The number of aliphatic imine (C=N–C) groups is 1. The first-order valence-electron chi connectivity index (χ1n) is 6.25. The third-order valence-corrected chi connectivity index (χ3v) is 2.47. The van der Waals surface area contributed by atoms with E-state index >= 15 is 0 Å². The fourth-order valence-electron chi connectivity index (χ4n) is 1.39. The molecule has 0 heterocycles. The Morgan fingerprint density at radius 2 is 2.06 bits per heavy atom. The maximum Gasteiger partial charge on any atom is 0.307 e. The molecule has 5 nitrogen and oxygen atoms in total. The van der Waals surface area contributed by atoms with Crippen molar-refractivity contribution in [3.63, 3.8) is 0 Å². The van der Waals surface area contributed by atoms with Crippen molar-refractivity contribution in [3.8, 4) is 0 Å². The van der Waals surface area contributed by atoms with Crippen molar-refractivity contribution >= 4 is 35.9 Å². The summed E-state index contributed by atoms with van der Waals surface area (Å²) in [5.74, 6) is 1.39. The van der Waals surface area contributed by atoms with Crippen LogP contribution in [0.4, 0.5) is 0 Å². The van der Waals surface area contributed by atoms with Gasteiger partial charge < -0.3 is 15.4 Å². The minimum Gasteiger partial charge on any atom is -0.463 e. The molecule has 0 amide bonds. The topological polar surface area (TPSA) is 62.7 Å². The number of carbonyl (C=O) groups excluding carboxylic acids is 1. The van der Waals surface area contributed by atoms with Gasteiger partial charge in [-0.15, -0.1) is 24.0 Å². The first kappa shape index (κ1) is 17.5. The summed E-state index contributed by atoms with van der Waals surface area (Å²) in [4.78, 5) is 15.4. The summed E-state index contributed by atoms with van der Waals surface area (Å²) in [6.07, 6.45) is 2.94. The molecule has 1 fully saturated rings. The molecule has 0 aliphatic heterocycles. The van der Waals surface area contributed by atoms with Gasteiger partial charge in [0, 0.05) is 20.1 Å². The summed E-state index contributed by atoms with van der Waals surface area (Å²) >= 11 is 0. The summed E-state index contributed by atoms with van der Waals surface area (Å²) in [6.45, 7) is 5.22. The summed E-state index contributed by atoms with van der Waals surface area (Å²) in [5.41, 5.74) is 0. The molecule has 0 spiro atoms. The zero-order valence-electron chi connectivity index (χ0n) is 11.4. The van der Waals surface area contributed by atoms with Gasteiger partial charge in [-0.3, -0.25) is 9.79 Å². The number of nitrogens with one attached hydrogen (secondary N) is 2. The molecule has 0 bridgehead atoms. The molecular formula is C12H24IN3O2. The number of guanidine groups is 1. The zero-order valence-corrected chi connectivity index (χ0v) is 13.7. The Bertz CT molecular complexity index is 278. The number of esters is 1. The molecule has 106 valence electrons. The molecule has 6 heteroatoms. The van der Waals surface area contributed by atoms with Crippen LogP contribution < -0.4 is 10.6 Å². The fourth-order valence-corrected chi connectivity index (χ4v) is 1.39. The Labute approximate surface area is 126 Å².